The van der Waals surface area contributed by atoms with Gasteiger partial charge in [-0.05, 0) is 23.6 Å². The van der Waals surface area contributed by atoms with E-state index in [0.29, 0.717) is 44.1 Å². The first-order valence-corrected chi connectivity index (χ1v) is 15.4. The van der Waals surface area contributed by atoms with Crippen LogP contribution in [0.5, 0.6) is 0 Å². The van der Waals surface area contributed by atoms with E-state index in [1.807, 2.05) is 36.5 Å². The maximum atomic E-state index is 13.6. The fourth-order valence-electron chi connectivity index (χ4n) is 6.25. The summed E-state index contributed by atoms with van der Waals surface area (Å²) in [5.74, 6) is -0.225. The van der Waals surface area contributed by atoms with Gasteiger partial charge in [-0.25, -0.2) is 0 Å². The number of ether oxygens (including phenoxy) is 2. The summed E-state index contributed by atoms with van der Waals surface area (Å²) in [5, 5.41) is 4.08. The van der Waals surface area contributed by atoms with Crippen molar-refractivity contribution in [2.24, 2.45) is 0 Å². The molecule has 0 radical (unpaired) electrons. The molecule has 0 fully saturated rings. The maximum Gasteiger partial charge on any atom is 0.172 e. The third-order valence-electron chi connectivity index (χ3n) is 8.26. The van der Waals surface area contributed by atoms with Crippen LogP contribution in [0.3, 0.4) is 0 Å². The van der Waals surface area contributed by atoms with Gasteiger partial charge in [0.25, 0.3) is 0 Å². The summed E-state index contributed by atoms with van der Waals surface area (Å²) in [4.78, 5) is 30.8. The highest BCUT2D eigenvalue weighted by Gasteiger charge is 2.35. The van der Waals surface area contributed by atoms with Crippen LogP contribution in [0, 0.1) is 0 Å². The third kappa shape index (κ3) is 5.16. The largest absolute Gasteiger partial charge is 0.378 e. The van der Waals surface area contributed by atoms with Crippen molar-refractivity contribution in [3.8, 4) is 0 Å². The first-order chi connectivity index (χ1) is 20.7. The molecule has 214 valence electrons. The second kappa shape index (κ2) is 11.8. The third-order valence-corrected chi connectivity index (χ3v) is 9.12. The predicted octanol–water partition coefficient (Wildman–Crippen LogP) is 5.66. The second-order valence-electron chi connectivity index (χ2n) is 10.9. The number of rotatable bonds is 2. The summed E-state index contributed by atoms with van der Waals surface area (Å²) in [6.07, 6.45) is 4.01. The topological polar surface area (TPSA) is 65.7 Å². The normalized spacial score (nSPS) is 17.9. The molecular formula is C34H33N3O4S. The molecule has 2 aliphatic rings. The highest BCUT2D eigenvalue weighted by molar-refractivity contribution is 7.09. The van der Waals surface area contributed by atoms with Gasteiger partial charge in [0.1, 0.15) is 0 Å². The molecule has 7 rings (SSSR count). The van der Waals surface area contributed by atoms with Crippen molar-refractivity contribution in [2.45, 2.75) is 26.1 Å². The van der Waals surface area contributed by atoms with Crippen LogP contribution < -0.4 is 0 Å². The number of benzene rings is 2. The number of hydrogen-bond acceptors (Lipinski definition) is 6. The van der Waals surface area contributed by atoms with E-state index < -0.39 is 0 Å². The van der Waals surface area contributed by atoms with Gasteiger partial charge in [-0.2, -0.15) is 0 Å². The van der Waals surface area contributed by atoms with E-state index in [1.54, 1.807) is 11.3 Å². The minimum Gasteiger partial charge on any atom is -0.378 e. The summed E-state index contributed by atoms with van der Waals surface area (Å²) in [5.41, 5.74) is 4.81. The number of fused-ring (bicyclic) bond motifs is 12. The zero-order valence-corrected chi connectivity index (χ0v) is 24.3. The molecule has 0 N–H and O–H groups in total. The fraction of sp³-hybridized carbons (Fsp3) is 0.294. The molecule has 0 atom stereocenters. The molecule has 7 nitrogen and oxygen atoms in total. The Bertz CT molecular complexity index is 1800. The van der Waals surface area contributed by atoms with Crippen molar-refractivity contribution in [1.82, 2.24) is 14.0 Å². The van der Waals surface area contributed by atoms with Crippen LogP contribution >= 0.6 is 11.3 Å². The highest BCUT2D eigenvalue weighted by atomic mass is 32.1. The van der Waals surface area contributed by atoms with Crippen LogP contribution in [0.2, 0.25) is 0 Å². The molecule has 4 heterocycles. The molecule has 5 aromatic rings. The van der Waals surface area contributed by atoms with Gasteiger partial charge >= 0.3 is 0 Å². The number of thiophene rings is 1. The average molecular weight is 580 g/mol. The van der Waals surface area contributed by atoms with Gasteiger partial charge in [-0.15, -0.1) is 11.3 Å². The first kappa shape index (κ1) is 27.0. The SMILES string of the molecule is O=C1CC(=O)C2=C1c1cn(c3ccccc13)CCOCCOCCN(Cc1cccs1)CCn1cc2c2ccccc21. The minimum atomic E-state index is -0.115. The lowest BCUT2D eigenvalue weighted by Gasteiger charge is -2.22. The lowest BCUT2D eigenvalue weighted by atomic mass is 9.95. The molecule has 0 spiro atoms. The standard InChI is InChI=1S/C34H33N3O4S/c38-31-20-32(39)34-28-23-37(30-10-4-2-8-26(28)30)14-16-41-18-17-40-15-13-35(21-24-6-5-19-42-24)11-12-36-22-27(33(31)34)25-7-1-3-9-29(25)36/h1-10,19,22-23H,11-18,20-21H2. The quantitative estimate of drug-likeness (QED) is 0.253. The van der Waals surface area contributed by atoms with Crippen LogP contribution in [0.15, 0.2) is 78.4 Å². The van der Waals surface area contributed by atoms with Gasteiger partial charge < -0.3 is 18.6 Å². The number of allylic oxidation sites excluding steroid dienone is 2. The molecule has 4 bridgehead atoms. The smallest absolute Gasteiger partial charge is 0.172 e. The van der Waals surface area contributed by atoms with Crippen LogP contribution in [0.1, 0.15) is 22.4 Å². The number of aromatic nitrogens is 2. The van der Waals surface area contributed by atoms with Crippen LogP contribution in [-0.2, 0) is 38.7 Å². The van der Waals surface area contributed by atoms with Gasteiger partial charge in [-0.3, -0.25) is 14.5 Å². The number of hydrogen-bond donors (Lipinski definition) is 0. The van der Waals surface area contributed by atoms with E-state index in [9.17, 15) is 9.59 Å². The molecule has 2 aromatic carbocycles. The van der Waals surface area contributed by atoms with Crippen molar-refractivity contribution >= 4 is 55.9 Å². The fourth-order valence-corrected chi connectivity index (χ4v) is 7.00. The molecule has 0 saturated heterocycles. The monoisotopic (exact) mass is 579 g/mol. The Morgan fingerprint density at radius 1 is 0.643 bits per heavy atom. The van der Waals surface area contributed by atoms with Gasteiger partial charge in [0, 0.05) is 94.1 Å². The summed E-state index contributed by atoms with van der Waals surface area (Å²) >= 11 is 1.77. The lowest BCUT2D eigenvalue weighted by Crippen LogP contribution is -2.30. The number of para-hydroxylation sites is 2. The van der Waals surface area contributed by atoms with E-state index >= 15 is 0 Å². The number of carbonyl (C=O) groups excluding carboxylic acids is 2. The molecule has 3 aromatic heterocycles. The highest BCUT2D eigenvalue weighted by Crippen LogP contribution is 2.41. The van der Waals surface area contributed by atoms with Crippen molar-refractivity contribution in [2.75, 3.05) is 39.5 Å². The zero-order chi connectivity index (χ0) is 28.5. The van der Waals surface area contributed by atoms with Gasteiger partial charge in [0.15, 0.2) is 11.6 Å². The van der Waals surface area contributed by atoms with E-state index in [1.165, 1.54) is 4.88 Å². The summed E-state index contributed by atoms with van der Waals surface area (Å²) < 4.78 is 16.3. The van der Waals surface area contributed by atoms with Crippen molar-refractivity contribution in [3.63, 3.8) is 0 Å². The summed E-state index contributed by atoms with van der Waals surface area (Å²) in [7, 11) is 0. The molecule has 1 aliphatic heterocycles. The second-order valence-corrected chi connectivity index (χ2v) is 11.9. The summed E-state index contributed by atoms with van der Waals surface area (Å²) in [6, 6.07) is 20.5. The van der Waals surface area contributed by atoms with Gasteiger partial charge in [0.2, 0.25) is 0 Å². The predicted molar refractivity (Wildman–Crippen MR) is 167 cm³/mol. The average Bonchev–Trinajstić information content (AvgIpc) is 3.78. The van der Waals surface area contributed by atoms with Crippen molar-refractivity contribution < 1.29 is 19.1 Å². The molecule has 0 unspecified atom stereocenters. The van der Waals surface area contributed by atoms with E-state index in [-0.39, 0.29) is 18.0 Å². The Morgan fingerprint density at radius 3 is 1.86 bits per heavy atom. The van der Waals surface area contributed by atoms with Crippen molar-refractivity contribution in [3.05, 3.63) is 94.4 Å². The molecular weight excluding hydrogens is 546 g/mol. The van der Waals surface area contributed by atoms with E-state index in [2.05, 4.69) is 55.9 Å². The van der Waals surface area contributed by atoms with Gasteiger partial charge in [-0.1, -0.05) is 42.5 Å². The first-order valence-electron chi connectivity index (χ1n) is 14.5. The maximum absolute atomic E-state index is 13.6. The minimum absolute atomic E-state index is 0.0959. The molecule has 42 heavy (non-hydrogen) atoms. The Hall–Kier alpha value is -3.82. The molecule has 1 aliphatic carbocycles. The van der Waals surface area contributed by atoms with E-state index in [4.69, 9.17) is 9.47 Å². The molecule has 0 saturated carbocycles. The summed E-state index contributed by atoms with van der Waals surface area (Å²) in [6.45, 7) is 6.10. The Kier molecular flexibility index (Phi) is 7.61. The van der Waals surface area contributed by atoms with Crippen LogP contribution in [-0.4, -0.2) is 65.1 Å². The Balaban J connectivity index is 1.35. The lowest BCUT2D eigenvalue weighted by molar-refractivity contribution is -0.119. The number of carbonyl (C=O) groups is 2. The van der Waals surface area contributed by atoms with E-state index in [0.717, 1.165) is 59.1 Å². The number of nitrogens with zero attached hydrogens (tertiary/aromatic N) is 3. The number of ketones is 2. The zero-order valence-electron chi connectivity index (χ0n) is 23.5. The Labute approximate surface area is 248 Å². The van der Waals surface area contributed by atoms with Crippen LogP contribution in [0.4, 0.5) is 0 Å². The molecule has 8 heteroatoms. The Morgan fingerprint density at radius 2 is 1.24 bits per heavy atom. The van der Waals surface area contributed by atoms with Gasteiger partial charge in [0.05, 0.1) is 32.8 Å². The molecule has 0 amide bonds. The van der Waals surface area contributed by atoms with Crippen LogP contribution in [0.25, 0.3) is 33.0 Å². The number of Topliss-reactive ketones (excluding diaryl/α,β-unsaturated/α-hetero) is 2. The van der Waals surface area contributed by atoms with Crippen molar-refractivity contribution in [1.29, 1.82) is 0 Å².